The van der Waals surface area contributed by atoms with Crippen LogP contribution in [0.3, 0.4) is 0 Å². The fraction of sp³-hybridized carbons (Fsp3) is 0.316. The van der Waals surface area contributed by atoms with Gasteiger partial charge in [0.15, 0.2) is 6.10 Å². The topological polar surface area (TPSA) is 117 Å². The molecule has 1 heterocycles. The van der Waals surface area contributed by atoms with Crippen molar-refractivity contribution in [2.24, 2.45) is 5.73 Å². The van der Waals surface area contributed by atoms with Crippen molar-refractivity contribution in [2.45, 2.75) is 25.9 Å². The third-order valence-electron chi connectivity index (χ3n) is 3.70. The van der Waals surface area contributed by atoms with Crippen LogP contribution < -0.4 is 20.5 Å². The molecule has 2 aromatic rings. The molecule has 0 fully saturated rings. The molecule has 0 unspecified atom stereocenters. The molecule has 0 aliphatic heterocycles. The number of methoxy groups -OCH3 is 1. The number of thiophene rings is 1. The highest BCUT2D eigenvalue weighted by Crippen LogP contribution is 2.23. The van der Waals surface area contributed by atoms with Gasteiger partial charge in [-0.3, -0.25) is 14.4 Å². The maximum absolute atomic E-state index is 12.1. The number of esters is 1. The molecule has 0 aliphatic rings. The summed E-state index contributed by atoms with van der Waals surface area (Å²) in [5.41, 5.74) is 5.44. The molecule has 28 heavy (non-hydrogen) atoms. The standard InChI is InChI=1S/C19H22N2O6S/c1-12(18(24)21-19-15(17(20)23)9-11-28-19)27-16(22)4-3-10-26-14-7-5-13(25-2)6-8-14/h5-9,11-12H,3-4,10H2,1-2H3,(H2,20,23)(H,21,24)/t12-/m1/s1. The largest absolute Gasteiger partial charge is 0.497 e. The second-order valence-electron chi connectivity index (χ2n) is 5.78. The van der Waals surface area contributed by atoms with Crippen LogP contribution in [-0.4, -0.2) is 37.6 Å². The SMILES string of the molecule is COc1ccc(OCCCC(=O)O[C@H](C)C(=O)Nc2sccc2C(N)=O)cc1. The lowest BCUT2D eigenvalue weighted by molar-refractivity contribution is -0.153. The van der Waals surface area contributed by atoms with Crippen molar-refractivity contribution in [1.29, 1.82) is 0 Å². The predicted molar refractivity (Wildman–Crippen MR) is 105 cm³/mol. The Hall–Kier alpha value is -3.07. The molecule has 0 saturated heterocycles. The fourth-order valence-corrected chi connectivity index (χ4v) is 3.00. The quantitative estimate of drug-likeness (QED) is 0.463. The maximum Gasteiger partial charge on any atom is 0.306 e. The first-order chi connectivity index (χ1) is 13.4. The van der Waals surface area contributed by atoms with Gasteiger partial charge in [0.2, 0.25) is 0 Å². The lowest BCUT2D eigenvalue weighted by Crippen LogP contribution is -2.30. The van der Waals surface area contributed by atoms with Gasteiger partial charge in [0.05, 0.1) is 19.3 Å². The van der Waals surface area contributed by atoms with E-state index in [4.69, 9.17) is 19.9 Å². The molecule has 0 spiro atoms. The van der Waals surface area contributed by atoms with E-state index in [9.17, 15) is 14.4 Å². The number of carbonyl (C=O) groups is 3. The number of rotatable bonds is 10. The Labute approximate surface area is 166 Å². The predicted octanol–water partition coefficient (Wildman–Crippen LogP) is 2.58. The molecule has 1 aromatic heterocycles. The number of ether oxygens (including phenoxy) is 3. The van der Waals surface area contributed by atoms with Gasteiger partial charge >= 0.3 is 5.97 Å². The van der Waals surface area contributed by atoms with E-state index in [2.05, 4.69) is 5.32 Å². The molecule has 0 radical (unpaired) electrons. The molecule has 150 valence electrons. The molecule has 2 rings (SSSR count). The van der Waals surface area contributed by atoms with Crippen LogP contribution in [-0.2, 0) is 14.3 Å². The van der Waals surface area contributed by atoms with Crippen LogP contribution in [0.25, 0.3) is 0 Å². The summed E-state index contributed by atoms with van der Waals surface area (Å²) in [6.45, 7) is 1.79. The molecular weight excluding hydrogens is 384 g/mol. The minimum atomic E-state index is -1.00. The Balaban J connectivity index is 1.70. The van der Waals surface area contributed by atoms with Crippen molar-refractivity contribution in [3.05, 3.63) is 41.3 Å². The van der Waals surface area contributed by atoms with Crippen molar-refractivity contribution in [3.63, 3.8) is 0 Å². The van der Waals surface area contributed by atoms with Crippen LogP contribution in [0.5, 0.6) is 11.5 Å². The Morgan fingerprint density at radius 1 is 1.14 bits per heavy atom. The minimum Gasteiger partial charge on any atom is -0.497 e. The highest BCUT2D eigenvalue weighted by atomic mass is 32.1. The van der Waals surface area contributed by atoms with Crippen LogP contribution in [0.1, 0.15) is 30.1 Å². The molecule has 1 atom stereocenters. The van der Waals surface area contributed by atoms with Crippen molar-refractivity contribution in [2.75, 3.05) is 19.0 Å². The number of benzene rings is 1. The molecule has 0 saturated carbocycles. The van der Waals surface area contributed by atoms with E-state index < -0.39 is 23.9 Å². The number of hydrogen-bond donors (Lipinski definition) is 2. The van der Waals surface area contributed by atoms with E-state index in [-0.39, 0.29) is 12.0 Å². The molecule has 3 N–H and O–H groups in total. The number of primary amides is 1. The average molecular weight is 406 g/mol. The summed E-state index contributed by atoms with van der Waals surface area (Å²) in [4.78, 5) is 35.3. The Bertz CT molecular complexity index is 818. The van der Waals surface area contributed by atoms with E-state index in [1.165, 1.54) is 13.0 Å². The summed E-state index contributed by atoms with van der Waals surface area (Å²) in [5, 5.41) is 4.50. The highest BCUT2D eigenvalue weighted by molar-refractivity contribution is 7.14. The second-order valence-corrected chi connectivity index (χ2v) is 6.69. The van der Waals surface area contributed by atoms with Gasteiger partial charge in [0, 0.05) is 6.42 Å². The van der Waals surface area contributed by atoms with E-state index in [1.54, 1.807) is 36.8 Å². The van der Waals surface area contributed by atoms with Gasteiger partial charge in [-0.1, -0.05) is 0 Å². The first-order valence-electron chi connectivity index (χ1n) is 8.55. The van der Waals surface area contributed by atoms with Gasteiger partial charge < -0.3 is 25.3 Å². The zero-order valence-corrected chi connectivity index (χ0v) is 16.4. The number of anilines is 1. The first-order valence-corrected chi connectivity index (χ1v) is 9.43. The monoisotopic (exact) mass is 406 g/mol. The summed E-state index contributed by atoms with van der Waals surface area (Å²) in [7, 11) is 1.58. The number of carbonyl (C=O) groups excluding carboxylic acids is 3. The van der Waals surface area contributed by atoms with Crippen LogP contribution in [0.4, 0.5) is 5.00 Å². The average Bonchev–Trinajstić information content (AvgIpc) is 3.14. The van der Waals surface area contributed by atoms with Gasteiger partial charge in [-0.15, -0.1) is 11.3 Å². The van der Waals surface area contributed by atoms with Crippen LogP contribution in [0.15, 0.2) is 35.7 Å². The Kier molecular flexibility index (Phi) is 7.82. The highest BCUT2D eigenvalue weighted by Gasteiger charge is 2.20. The van der Waals surface area contributed by atoms with Crippen LogP contribution in [0.2, 0.25) is 0 Å². The summed E-state index contributed by atoms with van der Waals surface area (Å²) >= 11 is 1.16. The van der Waals surface area contributed by atoms with Gasteiger partial charge in [-0.2, -0.15) is 0 Å². The Morgan fingerprint density at radius 2 is 1.82 bits per heavy atom. The van der Waals surface area contributed by atoms with Crippen molar-refractivity contribution in [3.8, 4) is 11.5 Å². The molecule has 8 nitrogen and oxygen atoms in total. The molecule has 1 aromatic carbocycles. The van der Waals surface area contributed by atoms with E-state index >= 15 is 0 Å². The van der Waals surface area contributed by atoms with Crippen molar-refractivity contribution < 1.29 is 28.6 Å². The number of nitrogens with one attached hydrogen (secondary N) is 1. The van der Waals surface area contributed by atoms with Crippen LogP contribution in [0, 0.1) is 0 Å². The Morgan fingerprint density at radius 3 is 2.46 bits per heavy atom. The lowest BCUT2D eigenvalue weighted by Gasteiger charge is -2.13. The van der Waals surface area contributed by atoms with Crippen LogP contribution >= 0.6 is 11.3 Å². The van der Waals surface area contributed by atoms with Gasteiger partial charge in [-0.25, -0.2) is 0 Å². The zero-order chi connectivity index (χ0) is 20.5. The smallest absolute Gasteiger partial charge is 0.306 e. The number of amides is 2. The third kappa shape index (κ3) is 6.27. The third-order valence-corrected chi connectivity index (χ3v) is 4.53. The van der Waals surface area contributed by atoms with E-state index in [0.717, 1.165) is 17.1 Å². The molecule has 2 amide bonds. The minimum absolute atomic E-state index is 0.110. The molecule has 0 aliphatic carbocycles. The summed E-state index contributed by atoms with van der Waals surface area (Å²) in [6, 6.07) is 8.62. The summed E-state index contributed by atoms with van der Waals surface area (Å²) in [5.74, 6) is -0.287. The summed E-state index contributed by atoms with van der Waals surface area (Å²) in [6.07, 6.45) is -0.451. The normalized spacial score (nSPS) is 11.4. The van der Waals surface area contributed by atoms with E-state index in [1.807, 2.05) is 0 Å². The zero-order valence-electron chi connectivity index (χ0n) is 15.6. The van der Waals surface area contributed by atoms with Crippen molar-refractivity contribution in [1.82, 2.24) is 0 Å². The molecule has 0 bridgehead atoms. The van der Waals surface area contributed by atoms with Gasteiger partial charge in [-0.05, 0) is 49.1 Å². The maximum atomic E-state index is 12.1. The van der Waals surface area contributed by atoms with E-state index in [0.29, 0.717) is 23.8 Å². The summed E-state index contributed by atoms with van der Waals surface area (Å²) < 4.78 is 15.7. The fourth-order valence-electron chi connectivity index (χ4n) is 2.20. The first kappa shape index (κ1) is 21.2. The van der Waals surface area contributed by atoms with Gasteiger partial charge in [0.1, 0.15) is 16.5 Å². The number of hydrogen-bond acceptors (Lipinski definition) is 7. The number of nitrogens with two attached hydrogens (primary N) is 1. The van der Waals surface area contributed by atoms with Crippen molar-refractivity contribution >= 4 is 34.1 Å². The second kappa shape index (κ2) is 10.3. The van der Waals surface area contributed by atoms with Gasteiger partial charge in [0.25, 0.3) is 11.8 Å². The lowest BCUT2D eigenvalue weighted by atomic mass is 10.3. The molecular formula is C19H22N2O6S. The molecule has 9 heteroatoms.